The Hall–Kier alpha value is -0.0900. The zero-order valence-electron chi connectivity index (χ0n) is 12.4. The summed E-state index contributed by atoms with van der Waals surface area (Å²) in [5.41, 5.74) is 7.42. The van der Waals surface area contributed by atoms with Crippen molar-refractivity contribution < 1.29 is 0 Å². The lowest BCUT2D eigenvalue weighted by Gasteiger charge is -2.47. The fourth-order valence-corrected chi connectivity index (χ4v) is 4.95. The van der Waals surface area contributed by atoms with E-state index in [1.165, 1.54) is 50.6 Å². The summed E-state index contributed by atoms with van der Waals surface area (Å²) in [6, 6.07) is 7.05. The number of hydrogen-bond donors (Lipinski definition) is 1. The Kier molecular flexibility index (Phi) is 5.26. The lowest BCUT2D eigenvalue weighted by Crippen LogP contribution is -2.50. The van der Waals surface area contributed by atoms with Crippen molar-refractivity contribution in [2.75, 3.05) is 13.1 Å². The smallest absolute Gasteiger partial charge is 0.0485 e. The van der Waals surface area contributed by atoms with Crippen LogP contribution in [0.1, 0.15) is 50.1 Å². The number of benzene rings is 1. The number of likely N-dealkylation sites (tertiary alicyclic amines) is 1. The molecule has 1 aromatic carbocycles. The summed E-state index contributed by atoms with van der Waals surface area (Å²) in [5.74, 6) is 0.875. The number of halogens is 2. The number of fused-ring (bicyclic) bond motifs is 1. The number of nitrogens with zero attached hydrogens (tertiary/aromatic N) is 1. The molecular weight excluding hydrogens is 348 g/mol. The van der Waals surface area contributed by atoms with Gasteiger partial charge >= 0.3 is 0 Å². The van der Waals surface area contributed by atoms with Gasteiger partial charge in [0, 0.05) is 28.1 Å². The Morgan fingerprint density at radius 1 is 1.24 bits per heavy atom. The number of rotatable bonds is 3. The number of nitrogens with two attached hydrogens (primary N) is 1. The van der Waals surface area contributed by atoms with Crippen LogP contribution in [0, 0.1) is 5.92 Å². The van der Waals surface area contributed by atoms with Gasteiger partial charge in [0.05, 0.1) is 0 Å². The van der Waals surface area contributed by atoms with E-state index < -0.39 is 0 Å². The van der Waals surface area contributed by atoms with E-state index in [9.17, 15) is 0 Å². The number of piperidine rings is 1. The van der Waals surface area contributed by atoms with Crippen LogP contribution in [-0.4, -0.2) is 24.0 Å². The summed E-state index contributed by atoms with van der Waals surface area (Å²) in [4.78, 5) is 2.67. The van der Waals surface area contributed by atoms with Crippen LogP contribution >= 0.6 is 27.5 Å². The normalized spacial score (nSPS) is 28.1. The van der Waals surface area contributed by atoms with Gasteiger partial charge < -0.3 is 5.73 Å². The largest absolute Gasteiger partial charge is 0.329 e. The summed E-state index contributed by atoms with van der Waals surface area (Å²) in [5, 5.41) is 0.795. The first-order valence-corrected chi connectivity index (χ1v) is 9.28. The van der Waals surface area contributed by atoms with Gasteiger partial charge in [0.2, 0.25) is 0 Å². The van der Waals surface area contributed by atoms with Crippen LogP contribution in [0.4, 0.5) is 0 Å². The molecule has 2 nitrogen and oxygen atoms in total. The summed E-state index contributed by atoms with van der Waals surface area (Å²) in [7, 11) is 0. The minimum Gasteiger partial charge on any atom is -0.329 e. The second kappa shape index (κ2) is 6.99. The van der Waals surface area contributed by atoms with Crippen molar-refractivity contribution in [3.8, 4) is 0 Å². The Labute approximate surface area is 141 Å². The van der Waals surface area contributed by atoms with E-state index in [-0.39, 0.29) is 6.04 Å². The molecule has 1 unspecified atom stereocenters. The average Bonchev–Trinajstić information content (AvgIpc) is 2.51. The highest BCUT2D eigenvalue weighted by Crippen LogP contribution is 2.40. The zero-order chi connectivity index (χ0) is 14.8. The topological polar surface area (TPSA) is 29.3 Å². The van der Waals surface area contributed by atoms with E-state index in [0.29, 0.717) is 12.6 Å². The van der Waals surface area contributed by atoms with Crippen molar-refractivity contribution in [3.63, 3.8) is 0 Å². The molecule has 0 aromatic heterocycles. The van der Waals surface area contributed by atoms with Crippen LogP contribution in [0.15, 0.2) is 22.7 Å². The molecule has 0 spiro atoms. The van der Waals surface area contributed by atoms with Crippen LogP contribution in [0.5, 0.6) is 0 Å². The van der Waals surface area contributed by atoms with Crippen LogP contribution in [-0.2, 0) is 0 Å². The first kappa shape index (κ1) is 15.8. The fraction of sp³-hybridized carbons (Fsp3) is 0.647. The van der Waals surface area contributed by atoms with Crippen LogP contribution in [0.2, 0.25) is 5.02 Å². The number of hydrogen-bond acceptors (Lipinski definition) is 2. The van der Waals surface area contributed by atoms with E-state index in [1.54, 1.807) is 0 Å². The molecule has 3 atom stereocenters. The Morgan fingerprint density at radius 2 is 2.00 bits per heavy atom. The molecule has 1 saturated carbocycles. The summed E-state index contributed by atoms with van der Waals surface area (Å²) in [6.07, 6.45) is 8.20. The summed E-state index contributed by atoms with van der Waals surface area (Å²) < 4.78 is 1.13. The van der Waals surface area contributed by atoms with Gasteiger partial charge in [-0.3, -0.25) is 4.90 Å². The van der Waals surface area contributed by atoms with E-state index in [2.05, 4.69) is 26.9 Å². The van der Waals surface area contributed by atoms with Gasteiger partial charge in [-0.1, -0.05) is 40.4 Å². The highest BCUT2D eigenvalue weighted by Gasteiger charge is 2.37. The van der Waals surface area contributed by atoms with Crippen molar-refractivity contribution in [2.24, 2.45) is 11.7 Å². The van der Waals surface area contributed by atoms with Crippen molar-refractivity contribution in [1.29, 1.82) is 0 Å². The predicted octanol–water partition coefficient (Wildman–Crippen LogP) is 4.76. The second-order valence-electron chi connectivity index (χ2n) is 6.41. The third kappa shape index (κ3) is 3.31. The molecule has 116 valence electrons. The molecule has 0 amide bonds. The monoisotopic (exact) mass is 370 g/mol. The van der Waals surface area contributed by atoms with Gasteiger partial charge in [-0.2, -0.15) is 0 Å². The van der Waals surface area contributed by atoms with Gasteiger partial charge in [-0.25, -0.2) is 0 Å². The molecule has 0 bridgehead atoms. The standard InChI is InChI=1S/C17H24BrClN2/c18-15-8-7-13(19)10-14(15)17(11-20)21-9-3-5-12-4-1-2-6-16(12)21/h7-8,10,12,16-17H,1-6,9,11,20H2/t12-,16-,17?/m1/s1. The van der Waals surface area contributed by atoms with Gasteiger partial charge in [0.15, 0.2) is 0 Å². The lowest BCUT2D eigenvalue weighted by molar-refractivity contribution is 0.0274. The molecule has 2 fully saturated rings. The molecule has 2 aliphatic rings. The SMILES string of the molecule is NCC(c1cc(Cl)ccc1Br)N1CCC[C@H]2CCCC[C@H]21. The van der Waals surface area contributed by atoms with Crippen LogP contribution < -0.4 is 5.73 Å². The summed E-state index contributed by atoms with van der Waals surface area (Å²) in [6.45, 7) is 1.82. The Balaban J connectivity index is 1.89. The van der Waals surface area contributed by atoms with Crippen molar-refractivity contribution >= 4 is 27.5 Å². The molecule has 4 heteroatoms. The molecule has 3 rings (SSSR count). The third-order valence-corrected chi connectivity index (χ3v) is 6.18. The molecule has 1 saturated heterocycles. The minimum absolute atomic E-state index is 0.281. The van der Waals surface area contributed by atoms with Gasteiger partial charge in [-0.05, 0) is 61.9 Å². The molecule has 21 heavy (non-hydrogen) atoms. The lowest BCUT2D eigenvalue weighted by atomic mass is 9.77. The molecule has 1 aliphatic carbocycles. The van der Waals surface area contributed by atoms with E-state index >= 15 is 0 Å². The molecule has 2 N–H and O–H groups in total. The quantitative estimate of drug-likeness (QED) is 0.830. The van der Waals surface area contributed by atoms with Crippen LogP contribution in [0.3, 0.4) is 0 Å². The van der Waals surface area contributed by atoms with Gasteiger partial charge in [-0.15, -0.1) is 0 Å². The molecule has 0 radical (unpaired) electrons. The summed E-state index contributed by atoms with van der Waals surface area (Å²) >= 11 is 9.90. The first-order chi connectivity index (χ1) is 10.2. The minimum atomic E-state index is 0.281. The molecule has 1 aromatic rings. The zero-order valence-corrected chi connectivity index (χ0v) is 14.7. The first-order valence-electron chi connectivity index (χ1n) is 8.11. The molecular formula is C17H24BrClN2. The van der Waals surface area contributed by atoms with Crippen molar-refractivity contribution in [2.45, 2.75) is 50.6 Å². The van der Waals surface area contributed by atoms with E-state index in [1.807, 2.05) is 12.1 Å². The second-order valence-corrected chi connectivity index (χ2v) is 7.70. The maximum Gasteiger partial charge on any atom is 0.0485 e. The van der Waals surface area contributed by atoms with Gasteiger partial charge in [0.1, 0.15) is 0 Å². The molecule has 1 aliphatic heterocycles. The maximum absolute atomic E-state index is 6.21. The van der Waals surface area contributed by atoms with E-state index in [0.717, 1.165) is 15.4 Å². The van der Waals surface area contributed by atoms with E-state index in [4.69, 9.17) is 17.3 Å². The average molecular weight is 372 g/mol. The van der Waals surface area contributed by atoms with Gasteiger partial charge in [0.25, 0.3) is 0 Å². The highest BCUT2D eigenvalue weighted by molar-refractivity contribution is 9.10. The molecule has 1 heterocycles. The predicted molar refractivity (Wildman–Crippen MR) is 92.6 cm³/mol. The van der Waals surface area contributed by atoms with Crippen molar-refractivity contribution in [1.82, 2.24) is 4.90 Å². The third-order valence-electron chi connectivity index (χ3n) is 5.23. The Morgan fingerprint density at radius 3 is 2.81 bits per heavy atom. The van der Waals surface area contributed by atoms with Crippen molar-refractivity contribution in [3.05, 3.63) is 33.3 Å². The fourth-order valence-electron chi connectivity index (χ4n) is 4.26. The van der Waals surface area contributed by atoms with Crippen LogP contribution in [0.25, 0.3) is 0 Å². The maximum atomic E-state index is 6.21. The highest BCUT2D eigenvalue weighted by atomic mass is 79.9. The Bertz CT molecular complexity index is 492.